The molecular formula is C27H40N2O2. The predicted molar refractivity (Wildman–Crippen MR) is 130 cm³/mol. The highest BCUT2D eigenvalue weighted by atomic mass is 16.5. The summed E-state index contributed by atoms with van der Waals surface area (Å²) >= 11 is 0. The van der Waals surface area contributed by atoms with E-state index in [1.165, 1.54) is 22.3 Å². The molecule has 2 aromatic rings. The predicted octanol–water partition coefficient (Wildman–Crippen LogP) is 5.48. The lowest BCUT2D eigenvalue weighted by atomic mass is 10.1. The van der Waals surface area contributed by atoms with Gasteiger partial charge in [0.2, 0.25) is 0 Å². The van der Waals surface area contributed by atoms with Crippen molar-refractivity contribution in [2.24, 2.45) is 0 Å². The lowest BCUT2D eigenvalue weighted by molar-refractivity contribution is 0.249. The molecule has 0 amide bonds. The second-order valence-corrected chi connectivity index (χ2v) is 8.27. The number of rotatable bonds is 14. The maximum Gasteiger partial charge on any atom is 0.119 e. The maximum absolute atomic E-state index is 6.06. The Labute approximate surface area is 189 Å². The zero-order valence-electron chi connectivity index (χ0n) is 20.0. The van der Waals surface area contributed by atoms with E-state index in [9.17, 15) is 0 Å². The van der Waals surface area contributed by atoms with Crippen molar-refractivity contribution in [1.82, 2.24) is 9.80 Å². The number of ether oxygens (including phenoxy) is 2. The Kier molecular flexibility index (Phi) is 9.23. The largest absolute Gasteiger partial charge is 0.494 e. The van der Waals surface area contributed by atoms with Crippen LogP contribution in [-0.2, 0) is 6.42 Å². The third-order valence-electron chi connectivity index (χ3n) is 6.39. The van der Waals surface area contributed by atoms with Crippen LogP contribution in [0.1, 0.15) is 51.7 Å². The second-order valence-electron chi connectivity index (χ2n) is 8.27. The van der Waals surface area contributed by atoms with E-state index in [0.29, 0.717) is 0 Å². The van der Waals surface area contributed by atoms with Gasteiger partial charge in [0.1, 0.15) is 11.5 Å². The fourth-order valence-electron chi connectivity index (χ4n) is 4.36. The van der Waals surface area contributed by atoms with Gasteiger partial charge in [-0.3, -0.25) is 0 Å². The van der Waals surface area contributed by atoms with Gasteiger partial charge < -0.3 is 19.3 Å². The van der Waals surface area contributed by atoms with Crippen LogP contribution in [0.15, 0.2) is 36.4 Å². The van der Waals surface area contributed by atoms with Crippen molar-refractivity contribution in [2.45, 2.75) is 47.0 Å². The number of hydrogen-bond acceptors (Lipinski definition) is 4. The SMILES string of the molecule is CCN(CC)CCCOc1ccc2c(c1)Cc1ccc(OCCCN(CC)CC)cc1-2. The first-order valence-electron chi connectivity index (χ1n) is 12.1. The summed E-state index contributed by atoms with van der Waals surface area (Å²) in [7, 11) is 0. The van der Waals surface area contributed by atoms with Crippen LogP contribution in [0.2, 0.25) is 0 Å². The molecule has 3 rings (SSSR count). The van der Waals surface area contributed by atoms with Crippen LogP contribution < -0.4 is 9.47 Å². The van der Waals surface area contributed by atoms with Crippen molar-refractivity contribution < 1.29 is 9.47 Å². The summed E-state index contributed by atoms with van der Waals surface area (Å²) in [6.07, 6.45) is 3.10. The Morgan fingerprint density at radius 2 is 1.19 bits per heavy atom. The van der Waals surface area contributed by atoms with Crippen LogP contribution in [-0.4, -0.2) is 62.3 Å². The molecule has 31 heavy (non-hydrogen) atoms. The summed E-state index contributed by atoms with van der Waals surface area (Å²) in [4.78, 5) is 4.87. The quantitative estimate of drug-likeness (QED) is 0.320. The van der Waals surface area contributed by atoms with E-state index in [1.807, 2.05) is 0 Å². The molecule has 0 saturated carbocycles. The van der Waals surface area contributed by atoms with Gasteiger partial charge in [-0.2, -0.15) is 0 Å². The molecule has 170 valence electrons. The highest BCUT2D eigenvalue weighted by Gasteiger charge is 2.19. The minimum Gasteiger partial charge on any atom is -0.494 e. The zero-order valence-corrected chi connectivity index (χ0v) is 20.0. The molecule has 1 aliphatic carbocycles. The molecule has 0 saturated heterocycles. The Bertz CT molecular complexity index is 813. The van der Waals surface area contributed by atoms with Crippen molar-refractivity contribution in [1.29, 1.82) is 0 Å². The van der Waals surface area contributed by atoms with Gasteiger partial charge in [-0.15, -0.1) is 0 Å². The third kappa shape index (κ3) is 6.47. The average molecular weight is 425 g/mol. The summed E-state index contributed by atoms with van der Waals surface area (Å²) < 4.78 is 12.1. The van der Waals surface area contributed by atoms with Crippen molar-refractivity contribution >= 4 is 0 Å². The summed E-state index contributed by atoms with van der Waals surface area (Å²) in [6, 6.07) is 13.1. The minimum absolute atomic E-state index is 0.766. The molecule has 0 atom stereocenters. The van der Waals surface area contributed by atoms with E-state index in [0.717, 1.165) is 83.2 Å². The minimum atomic E-state index is 0.766. The fraction of sp³-hybridized carbons (Fsp3) is 0.556. The van der Waals surface area contributed by atoms with E-state index in [4.69, 9.17) is 9.47 Å². The second kappa shape index (κ2) is 12.1. The van der Waals surface area contributed by atoms with Gasteiger partial charge >= 0.3 is 0 Å². The van der Waals surface area contributed by atoms with E-state index < -0.39 is 0 Å². The molecule has 0 spiro atoms. The monoisotopic (exact) mass is 424 g/mol. The maximum atomic E-state index is 6.06. The van der Waals surface area contributed by atoms with Crippen LogP contribution in [0.25, 0.3) is 11.1 Å². The Balaban J connectivity index is 1.53. The fourth-order valence-corrected chi connectivity index (χ4v) is 4.36. The summed E-state index contributed by atoms with van der Waals surface area (Å²) in [5, 5.41) is 0. The van der Waals surface area contributed by atoms with Gasteiger partial charge in [-0.25, -0.2) is 0 Å². The molecule has 0 heterocycles. The molecule has 2 aromatic carbocycles. The van der Waals surface area contributed by atoms with E-state index >= 15 is 0 Å². The molecule has 0 N–H and O–H groups in total. The molecular weight excluding hydrogens is 384 g/mol. The summed E-state index contributed by atoms with van der Waals surface area (Å²) in [5.74, 6) is 1.96. The molecule has 0 bridgehead atoms. The molecule has 0 unspecified atom stereocenters. The molecule has 4 nitrogen and oxygen atoms in total. The van der Waals surface area contributed by atoms with Crippen LogP contribution in [0, 0.1) is 0 Å². The molecule has 1 aliphatic rings. The van der Waals surface area contributed by atoms with Crippen molar-refractivity contribution in [3.63, 3.8) is 0 Å². The van der Waals surface area contributed by atoms with Crippen LogP contribution in [0.4, 0.5) is 0 Å². The highest BCUT2D eigenvalue weighted by molar-refractivity contribution is 5.78. The van der Waals surface area contributed by atoms with Crippen LogP contribution in [0.3, 0.4) is 0 Å². The van der Waals surface area contributed by atoms with Crippen LogP contribution in [0.5, 0.6) is 11.5 Å². The van der Waals surface area contributed by atoms with E-state index in [1.54, 1.807) is 0 Å². The lowest BCUT2D eigenvalue weighted by Gasteiger charge is -2.18. The lowest BCUT2D eigenvalue weighted by Crippen LogP contribution is -2.25. The van der Waals surface area contributed by atoms with Crippen molar-refractivity contribution in [2.75, 3.05) is 52.5 Å². The summed E-state index contributed by atoms with van der Waals surface area (Å²) in [5.41, 5.74) is 5.36. The van der Waals surface area contributed by atoms with Gasteiger partial charge in [0.05, 0.1) is 13.2 Å². The van der Waals surface area contributed by atoms with E-state index in [-0.39, 0.29) is 0 Å². The summed E-state index contributed by atoms with van der Waals surface area (Å²) in [6.45, 7) is 17.0. The molecule has 0 radical (unpaired) electrons. The Hall–Kier alpha value is -2.04. The van der Waals surface area contributed by atoms with Gasteiger partial charge in [0.25, 0.3) is 0 Å². The standard InChI is InChI=1S/C27H40N2O2/c1-5-28(6-2)15-9-17-30-24-13-14-26-23(20-24)19-22-11-12-25(21-27(22)26)31-18-10-16-29(7-3)8-4/h11-14,20-21H,5-10,15-19H2,1-4H3. The first-order valence-corrected chi connectivity index (χ1v) is 12.1. The number of hydrogen-bond donors (Lipinski definition) is 0. The van der Waals surface area contributed by atoms with Gasteiger partial charge in [-0.05, 0) is 92.0 Å². The smallest absolute Gasteiger partial charge is 0.119 e. The normalized spacial score (nSPS) is 12.3. The van der Waals surface area contributed by atoms with Gasteiger partial charge in [0, 0.05) is 13.1 Å². The Morgan fingerprint density at radius 1 is 0.645 bits per heavy atom. The topological polar surface area (TPSA) is 24.9 Å². The van der Waals surface area contributed by atoms with Gasteiger partial charge in [-0.1, -0.05) is 39.8 Å². The van der Waals surface area contributed by atoms with Gasteiger partial charge in [0.15, 0.2) is 0 Å². The zero-order chi connectivity index (χ0) is 22.1. The van der Waals surface area contributed by atoms with E-state index in [2.05, 4.69) is 73.9 Å². The Morgan fingerprint density at radius 3 is 1.77 bits per heavy atom. The molecule has 0 aromatic heterocycles. The third-order valence-corrected chi connectivity index (χ3v) is 6.39. The average Bonchev–Trinajstić information content (AvgIpc) is 3.16. The van der Waals surface area contributed by atoms with Crippen molar-refractivity contribution in [3.8, 4) is 22.6 Å². The molecule has 4 heteroatoms. The first-order chi connectivity index (χ1) is 15.2. The van der Waals surface area contributed by atoms with Crippen molar-refractivity contribution in [3.05, 3.63) is 47.5 Å². The number of benzene rings is 2. The number of fused-ring (bicyclic) bond motifs is 3. The first kappa shape index (κ1) is 23.6. The molecule has 0 fully saturated rings. The van der Waals surface area contributed by atoms with Crippen LogP contribution >= 0.6 is 0 Å². The highest BCUT2D eigenvalue weighted by Crippen LogP contribution is 2.40. The number of nitrogens with zero attached hydrogens (tertiary/aromatic N) is 2. The molecule has 0 aliphatic heterocycles.